The van der Waals surface area contributed by atoms with Gasteiger partial charge in [-0.3, -0.25) is 29.1 Å². The molecule has 0 radical (unpaired) electrons. The summed E-state index contributed by atoms with van der Waals surface area (Å²) >= 11 is 0. The molecule has 1 unspecified atom stereocenters. The van der Waals surface area contributed by atoms with Crippen LogP contribution in [0.1, 0.15) is 139 Å². The molecule has 23 heteroatoms. The van der Waals surface area contributed by atoms with Crippen LogP contribution in [0, 0.1) is 41.4 Å². The molecule has 22 atom stereocenters. The average molecular weight is 1150 g/mol. The summed E-state index contributed by atoms with van der Waals surface area (Å²) < 4.78 is 63.9. The van der Waals surface area contributed by atoms with Crippen LogP contribution < -0.4 is 5.32 Å². The number of ketones is 1. The molecule has 23 nitrogen and oxygen atoms in total. The van der Waals surface area contributed by atoms with E-state index < -0.39 is 139 Å². The molecular weight excluding hydrogens is 1050 g/mol. The molecule has 0 spiro atoms. The van der Waals surface area contributed by atoms with Crippen LogP contribution in [0.15, 0.2) is 23.7 Å². The second-order valence-corrected chi connectivity index (χ2v) is 24.5. The van der Waals surface area contributed by atoms with E-state index in [1.807, 2.05) is 41.5 Å². The van der Waals surface area contributed by atoms with E-state index in [2.05, 4.69) is 32.3 Å². The van der Waals surface area contributed by atoms with Gasteiger partial charge in [-0.15, -0.1) is 0 Å². The molecule has 0 bridgehead atoms. The van der Waals surface area contributed by atoms with Crippen LogP contribution in [0.2, 0.25) is 0 Å². The van der Waals surface area contributed by atoms with E-state index >= 15 is 9.59 Å². The summed E-state index contributed by atoms with van der Waals surface area (Å²) in [4.78, 5) is 72.8. The number of amides is 1. The molecule has 460 valence electrons. The maximum Gasteiger partial charge on any atom is 0.311 e. The molecular formula is C58H95N5O18. The number of rotatable bonds is 17. The molecule has 4 N–H and O–H groups in total. The number of methoxy groups -OCH3 is 2. The van der Waals surface area contributed by atoms with E-state index in [4.69, 9.17) is 52.2 Å². The quantitative estimate of drug-likeness (QED) is 0.124. The van der Waals surface area contributed by atoms with E-state index in [-0.39, 0.29) is 67.6 Å². The van der Waals surface area contributed by atoms with Gasteiger partial charge in [0.25, 0.3) is 5.91 Å². The highest BCUT2D eigenvalue weighted by Crippen LogP contribution is 2.40. The molecule has 5 heterocycles. The lowest BCUT2D eigenvalue weighted by molar-refractivity contribution is -0.305. The van der Waals surface area contributed by atoms with Gasteiger partial charge in [0.15, 0.2) is 24.7 Å². The van der Waals surface area contributed by atoms with Gasteiger partial charge >= 0.3 is 11.9 Å². The zero-order valence-corrected chi connectivity index (χ0v) is 50.5. The van der Waals surface area contributed by atoms with Gasteiger partial charge in [-0.05, 0) is 72.6 Å². The number of Topliss-reactive ketones (excluding diaryl/α,β-unsaturated/α-hetero) is 1. The lowest BCUT2D eigenvalue weighted by Gasteiger charge is -2.45. The number of carbonyl (C=O) groups excluding carboxylic acids is 4. The number of carbonyl (C=O) groups is 4. The van der Waals surface area contributed by atoms with Crippen LogP contribution in [-0.4, -0.2) is 204 Å². The number of aliphatic hydroxyl groups is 3. The van der Waals surface area contributed by atoms with Crippen molar-refractivity contribution in [3.63, 3.8) is 0 Å². The Hall–Kier alpha value is -3.85. The summed E-state index contributed by atoms with van der Waals surface area (Å²) in [5.74, 6) is -7.51. The highest BCUT2D eigenvalue weighted by atomic mass is 16.7. The van der Waals surface area contributed by atoms with E-state index in [1.165, 1.54) is 46.8 Å². The predicted octanol–water partition coefficient (Wildman–Crippen LogP) is 4.39. The molecule has 5 fully saturated rings. The van der Waals surface area contributed by atoms with Crippen molar-refractivity contribution >= 4 is 29.3 Å². The number of oxime groups is 1. The predicted molar refractivity (Wildman–Crippen MR) is 293 cm³/mol. The fraction of sp³-hybridized carbons (Fsp3) is 0.845. The molecule has 1 amide bonds. The number of aromatic nitrogens is 2. The Morgan fingerprint density at radius 2 is 1.53 bits per heavy atom. The maximum absolute atomic E-state index is 15.4. The zero-order chi connectivity index (χ0) is 59.8. The van der Waals surface area contributed by atoms with E-state index in [1.54, 1.807) is 34.6 Å². The normalized spacial score (nSPS) is 41.5. The summed E-state index contributed by atoms with van der Waals surface area (Å²) in [6, 6.07) is -0.0148. The first-order chi connectivity index (χ1) is 38.2. The van der Waals surface area contributed by atoms with Crippen molar-refractivity contribution in [2.75, 3.05) is 34.5 Å². The van der Waals surface area contributed by atoms with Gasteiger partial charge in [0.1, 0.15) is 55.0 Å². The summed E-state index contributed by atoms with van der Waals surface area (Å²) in [6.07, 6.45) is -6.79. The molecule has 1 aromatic heterocycles. The van der Waals surface area contributed by atoms with Gasteiger partial charge in [0.2, 0.25) is 0 Å². The van der Waals surface area contributed by atoms with Crippen molar-refractivity contribution in [3.8, 4) is 0 Å². The largest absolute Gasteiger partial charge is 0.461 e. The number of esters is 2. The number of hydrogen-bond acceptors (Lipinski definition) is 22. The molecule has 0 aromatic carbocycles. The third-order valence-electron chi connectivity index (χ3n) is 17.1. The van der Waals surface area contributed by atoms with Crippen LogP contribution in [0.3, 0.4) is 0 Å². The van der Waals surface area contributed by atoms with Crippen molar-refractivity contribution in [2.24, 2.45) is 46.6 Å². The van der Waals surface area contributed by atoms with Gasteiger partial charge < -0.3 is 72.8 Å². The maximum atomic E-state index is 15.4. The number of aliphatic hydroxyl groups excluding tert-OH is 2. The second-order valence-electron chi connectivity index (χ2n) is 24.5. The molecule has 4 aliphatic heterocycles. The minimum Gasteiger partial charge on any atom is -0.461 e. The van der Waals surface area contributed by atoms with Gasteiger partial charge in [0.05, 0.1) is 60.9 Å². The summed E-state index contributed by atoms with van der Waals surface area (Å²) in [5.41, 5.74) is -1.51. The number of nitrogens with one attached hydrogen (secondary N) is 1. The van der Waals surface area contributed by atoms with Crippen LogP contribution in [0.25, 0.3) is 0 Å². The first kappa shape index (κ1) is 66.3. The van der Waals surface area contributed by atoms with Gasteiger partial charge in [-0.25, -0.2) is 4.98 Å². The first-order valence-electron chi connectivity index (χ1n) is 29.1. The molecule has 6 rings (SSSR count). The Morgan fingerprint density at radius 3 is 2.16 bits per heavy atom. The van der Waals surface area contributed by atoms with Gasteiger partial charge in [-0.2, -0.15) is 0 Å². The summed E-state index contributed by atoms with van der Waals surface area (Å²) in [5, 5.41) is 42.3. The Kier molecular flexibility index (Phi) is 24.0. The van der Waals surface area contributed by atoms with Crippen LogP contribution >= 0.6 is 0 Å². The topological polar surface area (TPSA) is 284 Å². The van der Waals surface area contributed by atoms with Crippen molar-refractivity contribution in [1.29, 1.82) is 0 Å². The lowest BCUT2D eigenvalue weighted by Crippen LogP contribution is -2.59. The minimum atomic E-state index is -2.05. The molecule has 1 aliphatic carbocycles. The highest BCUT2D eigenvalue weighted by molar-refractivity contribution is 5.92. The first-order valence-corrected chi connectivity index (χ1v) is 29.1. The highest BCUT2D eigenvalue weighted by Gasteiger charge is 2.52. The number of cyclic esters (lactones) is 1. The third-order valence-corrected chi connectivity index (χ3v) is 17.1. The van der Waals surface area contributed by atoms with Crippen molar-refractivity contribution < 1.29 is 86.7 Å². The SMILES string of the molecule is CO/N=C1\C[C@@H](C)O[C@@H](O[C@@H]2[C@@H](C)[C@H](O[C@H]3CC(C)N([C@H]4C[C@H](NC(=O)c5cnccn5)C4)C[C@H](C)O3)[C@@H](C)C(=O)O[C@H]([C@@H](C)CO[C@@H]3O[C@H](C)[C@@H](O)[C@@H](OC)[C@H]3OC)[C@H](C)[C@@H](OC(=O)CC(C)C)[C@@H](C)C(=O)[C@@](C)(O)C[C@@H]2C)[C@@H]1O. The average Bonchev–Trinajstić information content (AvgIpc) is 3.63. The van der Waals surface area contributed by atoms with Gasteiger partial charge in [0, 0.05) is 88.3 Å². The molecule has 4 saturated heterocycles. The van der Waals surface area contributed by atoms with E-state index in [0.717, 1.165) is 0 Å². The van der Waals surface area contributed by atoms with Crippen LogP contribution in [-0.2, 0) is 66.6 Å². The molecule has 1 aromatic rings. The molecule has 81 heavy (non-hydrogen) atoms. The van der Waals surface area contributed by atoms with E-state index in [0.29, 0.717) is 31.5 Å². The summed E-state index contributed by atoms with van der Waals surface area (Å²) in [7, 11) is 4.29. The monoisotopic (exact) mass is 1150 g/mol. The standard InChI is InChI=1S/C58H95N5O18/c1-28(2)19-43(64)78-49-35(9)48(30(4)27-74-57-52(72-15)51(71-14)45(65)38(12)77-57)80-55(69)37(11)50(79-44-20-31(5)63(26-33(7)75-44)40-22-39(23-40)61-54(68)42-25-59-17-18-60-42)34(8)47(29(3)24-58(13,70)53(67)36(49)10)81-56-46(66)41(62-73-16)21-32(6)76-56/h17-18,25,28-40,44-52,56-57,65-66,70H,19-24,26-27H2,1-16H3,(H,61,68)/b62-41+/t29-,30-,31?,32+,33-,34+,35-,36+,37+,38+,39-,40-,44-,45+,46+,47-,48+,49+,50-,51+,52+,56-,57+,58-/m0/s1. The van der Waals surface area contributed by atoms with E-state index in [9.17, 15) is 24.9 Å². The fourth-order valence-corrected chi connectivity index (χ4v) is 12.7. The van der Waals surface area contributed by atoms with Crippen molar-refractivity contribution in [3.05, 3.63) is 24.3 Å². The second kappa shape index (κ2) is 29.3. The number of ether oxygens (including phenoxy) is 10. The third kappa shape index (κ3) is 16.5. The van der Waals surface area contributed by atoms with Crippen LogP contribution in [0.5, 0.6) is 0 Å². The molecule has 5 aliphatic rings. The smallest absolute Gasteiger partial charge is 0.311 e. The Balaban J connectivity index is 1.38. The van der Waals surface area contributed by atoms with Crippen LogP contribution in [0.4, 0.5) is 0 Å². The number of nitrogens with zero attached hydrogens (tertiary/aromatic N) is 4. The Bertz CT molecular complexity index is 2220. The Morgan fingerprint density at radius 1 is 0.840 bits per heavy atom. The fourth-order valence-electron chi connectivity index (χ4n) is 12.7. The lowest BCUT2D eigenvalue weighted by atomic mass is 9.74. The Labute approximate surface area is 478 Å². The van der Waals surface area contributed by atoms with Crippen molar-refractivity contribution in [1.82, 2.24) is 20.2 Å². The van der Waals surface area contributed by atoms with Crippen molar-refractivity contribution in [2.45, 2.75) is 238 Å². The number of hydrogen-bond donors (Lipinski definition) is 4. The zero-order valence-electron chi connectivity index (χ0n) is 50.5. The summed E-state index contributed by atoms with van der Waals surface area (Å²) in [6.45, 7) is 23.7. The minimum absolute atomic E-state index is 0.0304. The van der Waals surface area contributed by atoms with Gasteiger partial charge in [-0.1, -0.05) is 53.6 Å². The molecule has 1 saturated carbocycles.